The summed E-state index contributed by atoms with van der Waals surface area (Å²) < 4.78 is 0. The number of aromatic nitrogens is 2. The van der Waals surface area contributed by atoms with Crippen LogP contribution in [0.2, 0.25) is 0 Å². The van der Waals surface area contributed by atoms with Gasteiger partial charge in [0.25, 0.3) is 11.8 Å². The number of carbonyl (C=O) groups is 2. The average Bonchev–Trinajstić information content (AvgIpc) is 3.24. The monoisotopic (exact) mass is 444 g/mol. The number of rotatable bonds is 6. The molecule has 2 aromatic heterocycles. The summed E-state index contributed by atoms with van der Waals surface area (Å²) in [7, 11) is 1.59. The second-order valence-corrected chi connectivity index (χ2v) is 7.97. The lowest BCUT2D eigenvalue weighted by molar-refractivity contribution is 0.0962. The Kier molecular flexibility index (Phi) is 6.07. The van der Waals surface area contributed by atoms with E-state index in [4.69, 9.17) is 5.11 Å². The molecule has 0 aliphatic heterocycles. The summed E-state index contributed by atoms with van der Waals surface area (Å²) in [4.78, 5) is 34.1. The van der Waals surface area contributed by atoms with Gasteiger partial charge in [0, 0.05) is 23.7 Å². The Morgan fingerprint density at radius 2 is 1.53 bits per heavy atom. The molecule has 2 aromatic carbocycles. The molecule has 3 N–H and O–H groups in total. The fourth-order valence-electron chi connectivity index (χ4n) is 3.09. The Morgan fingerprint density at radius 3 is 2.19 bits per heavy atom. The first-order valence-corrected chi connectivity index (χ1v) is 10.6. The molecule has 0 radical (unpaired) electrons. The van der Waals surface area contributed by atoms with Gasteiger partial charge >= 0.3 is 0 Å². The molecular weight excluding hydrogens is 424 g/mol. The SMILES string of the molecule is C=C(CO)c1ccc(C(=O)Nc2nc3ccc(-c4ccc(C(=O)NC)cc4)nc3s2)cc1. The lowest BCUT2D eigenvalue weighted by atomic mass is 10.1. The van der Waals surface area contributed by atoms with Gasteiger partial charge in [0.1, 0.15) is 10.3 Å². The molecule has 0 saturated carbocycles. The number of amides is 2. The number of benzene rings is 2. The van der Waals surface area contributed by atoms with Crippen LogP contribution in [0.4, 0.5) is 5.13 Å². The summed E-state index contributed by atoms with van der Waals surface area (Å²) in [6.45, 7) is 3.64. The lowest BCUT2D eigenvalue weighted by Crippen LogP contribution is -2.17. The molecule has 8 heteroatoms. The largest absolute Gasteiger partial charge is 0.392 e. The van der Waals surface area contributed by atoms with Crippen LogP contribution in [0.1, 0.15) is 26.3 Å². The zero-order valence-corrected chi connectivity index (χ0v) is 18.1. The fourth-order valence-corrected chi connectivity index (χ4v) is 3.92. The smallest absolute Gasteiger partial charge is 0.257 e. The Hall–Kier alpha value is -3.88. The third-order valence-corrected chi connectivity index (χ3v) is 5.77. The van der Waals surface area contributed by atoms with Gasteiger partial charge in [0.15, 0.2) is 5.13 Å². The van der Waals surface area contributed by atoms with E-state index in [0.29, 0.717) is 32.2 Å². The standard InChI is InChI=1S/C24H20N4O3S/c1-14(13-29)15-3-7-18(8-4-15)22(31)28-24-27-20-12-11-19(26-23(20)32-24)16-5-9-17(10-6-16)21(30)25-2/h3-12,29H,1,13H2,2H3,(H,25,30)(H,27,28,31). The first kappa shape index (κ1) is 21.4. The number of thiazole rings is 1. The minimum atomic E-state index is -0.282. The molecule has 2 amide bonds. The van der Waals surface area contributed by atoms with Crippen LogP contribution < -0.4 is 10.6 Å². The molecule has 0 unspecified atom stereocenters. The van der Waals surface area contributed by atoms with Crippen molar-refractivity contribution >= 4 is 44.2 Å². The van der Waals surface area contributed by atoms with Crippen LogP contribution in [0.25, 0.3) is 27.2 Å². The average molecular weight is 445 g/mol. The molecule has 0 saturated heterocycles. The van der Waals surface area contributed by atoms with Crippen LogP contribution in [0, 0.1) is 0 Å². The molecule has 7 nitrogen and oxygen atoms in total. The molecule has 2 heterocycles. The van der Waals surface area contributed by atoms with Gasteiger partial charge in [-0.3, -0.25) is 14.9 Å². The third kappa shape index (κ3) is 4.41. The highest BCUT2D eigenvalue weighted by Gasteiger charge is 2.12. The molecular formula is C24H20N4O3S. The van der Waals surface area contributed by atoms with Crippen molar-refractivity contribution in [2.75, 3.05) is 19.0 Å². The molecule has 0 aliphatic rings. The topological polar surface area (TPSA) is 104 Å². The van der Waals surface area contributed by atoms with Crippen molar-refractivity contribution in [2.45, 2.75) is 0 Å². The van der Waals surface area contributed by atoms with E-state index in [1.165, 1.54) is 11.3 Å². The summed E-state index contributed by atoms with van der Waals surface area (Å²) in [5.41, 5.74) is 4.74. The van der Waals surface area contributed by atoms with Gasteiger partial charge in [0.2, 0.25) is 0 Å². The first-order chi connectivity index (χ1) is 15.5. The maximum absolute atomic E-state index is 12.6. The molecule has 4 rings (SSSR count). The molecule has 0 atom stereocenters. The number of carbonyl (C=O) groups excluding carboxylic acids is 2. The van der Waals surface area contributed by atoms with Gasteiger partial charge in [-0.2, -0.15) is 0 Å². The highest BCUT2D eigenvalue weighted by Crippen LogP contribution is 2.28. The lowest BCUT2D eigenvalue weighted by Gasteiger charge is -2.04. The molecule has 0 bridgehead atoms. The van der Waals surface area contributed by atoms with Crippen LogP contribution in [0.15, 0.2) is 67.2 Å². The minimum Gasteiger partial charge on any atom is -0.392 e. The highest BCUT2D eigenvalue weighted by molar-refractivity contribution is 7.22. The van der Waals surface area contributed by atoms with Crippen molar-refractivity contribution < 1.29 is 14.7 Å². The van der Waals surface area contributed by atoms with Crippen LogP contribution in [-0.4, -0.2) is 40.5 Å². The van der Waals surface area contributed by atoms with E-state index in [0.717, 1.165) is 16.8 Å². The van der Waals surface area contributed by atoms with Gasteiger partial charge in [-0.1, -0.05) is 42.2 Å². The number of anilines is 1. The summed E-state index contributed by atoms with van der Waals surface area (Å²) >= 11 is 1.29. The van der Waals surface area contributed by atoms with Crippen molar-refractivity contribution in [3.8, 4) is 11.3 Å². The first-order valence-electron chi connectivity index (χ1n) is 9.79. The molecule has 32 heavy (non-hydrogen) atoms. The van der Waals surface area contributed by atoms with E-state index in [9.17, 15) is 9.59 Å². The molecule has 4 aromatic rings. The number of hydrogen-bond donors (Lipinski definition) is 3. The minimum absolute atomic E-state index is 0.134. The zero-order chi connectivity index (χ0) is 22.7. The predicted molar refractivity (Wildman–Crippen MR) is 127 cm³/mol. The maximum Gasteiger partial charge on any atom is 0.257 e. The Morgan fingerprint density at radius 1 is 0.906 bits per heavy atom. The van der Waals surface area contributed by atoms with E-state index in [2.05, 4.69) is 27.2 Å². The number of nitrogens with one attached hydrogen (secondary N) is 2. The normalized spacial score (nSPS) is 10.7. The Labute approximate surface area is 188 Å². The number of aliphatic hydroxyl groups is 1. The van der Waals surface area contributed by atoms with Crippen molar-refractivity contribution in [3.63, 3.8) is 0 Å². The van der Waals surface area contributed by atoms with Crippen molar-refractivity contribution in [1.82, 2.24) is 15.3 Å². The van der Waals surface area contributed by atoms with E-state index in [1.54, 1.807) is 43.4 Å². The second-order valence-electron chi connectivity index (χ2n) is 6.99. The number of pyridine rings is 1. The van der Waals surface area contributed by atoms with Crippen LogP contribution in [0.3, 0.4) is 0 Å². The van der Waals surface area contributed by atoms with E-state index in [1.807, 2.05) is 24.3 Å². The van der Waals surface area contributed by atoms with Gasteiger partial charge in [-0.05, 0) is 47.5 Å². The van der Waals surface area contributed by atoms with Gasteiger partial charge in [-0.25, -0.2) is 9.97 Å². The fraction of sp³-hybridized carbons (Fsp3) is 0.0833. The van der Waals surface area contributed by atoms with E-state index >= 15 is 0 Å². The Bertz CT molecular complexity index is 1310. The van der Waals surface area contributed by atoms with E-state index in [-0.39, 0.29) is 18.4 Å². The van der Waals surface area contributed by atoms with E-state index < -0.39 is 0 Å². The summed E-state index contributed by atoms with van der Waals surface area (Å²) in [5.74, 6) is -0.425. The summed E-state index contributed by atoms with van der Waals surface area (Å²) in [6, 6.07) is 17.7. The number of nitrogens with zero attached hydrogens (tertiary/aromatic N) is 2. The zero-order valence-electron chi connectivity index (χ0n) is 17.3. The van der Waals surface area contributed by atoms with Crippen LogP contribution in [-0.2, 0) is 0 Å². The quantitative estimate of drug-likeness (QED) is 0.417. The second kappa shape index (κ2) is 9.09. The molecule has 0 aliphatic carbocycles. The van der Waals surface area contributed by atoms with Gasteiger partial charge < -0.3 is 10.4 Å². The van der Waals surface area contributed by atoms with Gasteiger partial charge in [-0.15, -0.1) is 0 Å². The third-order valence-electron chi connectivity index (χ3n) is 4.89. The van der Waals surface area contributed by atoms with Gasteiger partial charge in [0.05, 0.1) is 12.3 Å². The Balaban J connectivity index is 1.52. The molecule has 160 valence electrons. The maximum atomic E-state index is 12.6. The number of fused-ring (bicyclic) bond motifs is 1. The highest BCUT2D eigenvalue weighted by atomic mass is 32.1. The van der Waals surface area contributed by atoms with Crippen molar-refractivity contribution in [3.05, 3.63) is 83.9 Å². The van der Waals surface area contributed by atoms with Crippen molar-refractivity contribution in [2.24, 2.45) is 0 Å². The summed E-state index contributed by atoms with van der Waals surface area (Å²) in [5, 5.41) is 15.0. The summed E-state index contributed by atoms with van der Waals surface area (Å²) in [6.07, 6.45) is 0. The number of hydrogen-bond acceptors (Lipinski definition) is 6. The number of aliphatic hydroxyl groups excluding tert-OH is 1. The van der Waals surface area contributed by atoms with Crippen molar-refractivity contribution in [1.29, 1.82) is 0 Å². The molecule has 0 fully saturated rings. The predicted octanol–water partition coefficient (Wildman–Crippen LogP) is 3.98. The molecule has 0 spiro atoms. The van der Waals surface area contributed by atoms with Crippen LogP contribution >= 0.6 is 11.3 Å². The van der Waals surface area contributed by atoms with Crippen LogP contribution in [0.5, 0.6) is 0 Å².